The number of hydrogen-bond donors (Lipinski definition) is 1. The molecule has 1 heterocycles. The molecule has 0 radical (unpaired) electrons. The van der Waals surface area contributed by atoms with E-state index in [0.29, 0.717) is 6.04 Å². The highest BCUT2D eigenvalue weighted by molar-refractivity contribution is 5.94. The number of nitrogens with one attached hydrogen (secondary N) is 1. The molecule has 1 amide bonds. The van der Waals surface area contributed by atoms with Gasteiger partial charge in [0.15, 0.2) is 0 Å². The van der Waals surface area contributed by atoms with Crippen molar-refractivity contribution in [1.29, 1.82) is 0 Å². The fraction of sp³-hybridized carbons (Fsp3) is 0.562. The van der Waals surface area contributed by atoms with Crippen molar-refractivity contribution in [3.8, 4) is 5.75 Å². The number of rotatable bonds is 4. The van der Waals surface area contributed by atoms with Crippen molar-refractivity contribution in [3.63, 3.8) is 0 Å². The monoisotopic (exact) mass is 277 g/mol. The molecule has 1 aromatic rings. The van der Waals surface area contributed by atoms with E-state index >= 15 is 0 Å². The lowest BCUT2D eigenvalue weighted by molar-refractivity contribution is -0.927. The molecule has 1 N–H and O–H groups in total. The molecule has 0 bridgehead atoms. The number of hydrogen-bond acceptors (Lipinski definition) is 2. The van der Waals surface area contributed by atoms with Gasteiger partial charge >= 0.3 is 0 Å². The fourth-order valence-electron chi connectivity index (χ4n) is 2.72. The van der Waals surface area contributed by atoms with Crippen molar-refractivity contribution >= 4 is 5.91 Å². The minimum Gasteiger partial charge on any atom is -0.497 e. The van der Waals surface area contributed by atoms with Crippen LogP contribution in [0.15, 0.2) is 24.3 Å². The lowest BCUT2D eigenvalue weighted by atomic mass is 10.1. The number of carbonyl (C=O) groups is 1. The van der Waals surface area contributed by atoms with Crippen LogP contribution >= 0.6 is 0 Å². The van der Waals surface area contributed by atoms with Gasteiger partial charge in [-0.25, -0.2) is 0 Å². The van der Waals surface area contributed by atoms with E-state index in [-0.39, 0.29) is 5.91 Å². The van der Waals surface area contributed by atoms with E-state index in [0.717, 1.165) is 37.5 Å². The molecule has 1 aliphatic heterocycles. The zero-order chi connectivity index (χ0) is 14.5. The lowest BCUT2D eigenvalue weighted by Crippen LogP contribution is -3.17. The number of nitrogens with zero attached hydrogens (tertiary/aromatic N) is 1. The van der Waals surface area contributed by atoms with Crippen molar-refractivity contribution in [1.82, 2.24) is 4.90 Å². The molecule has 4 nitrogen and oxygen atoms in total. The van der Waals surface area contributed by atoms with Crippen molar-refractivity contribution in [3.05, 3.63) is 29.8 Å². The van der Waals surface area contributed by atoms with Gasteiger partial charge < -0.3 is 14.5 Å². The van der Waals surface area contributed by atoms with E-state index in [2.05, 4.69) is 13.8 Å². The number of piperazine rings is 1. The summed E-state index contributed by atoms with van der Waals surface area (Å²) in [5.74, 6) is 0.854. The Hall–Kier alpha value is -1.55. The maximum absolute atomic E-state index is 12.5. The van der Waals surface area contributed by atoms with Crippen molar-refractivity contribution in [2.75, 3.05) is 33.3 Å². The van der Waals surface area contributed by atoms with Crippen molar-refractivity contribution in [2.24, 2.45) is 0 Å². The van der Waals surface area contributed by atoms with Gasteiger partial charge in [-0.15, -0.1) is 0 Å². The van der Waals surface area contributed by atoms with Crippen LogP contribution in [0.2, 0.25) is 0 Å². The first-order valence-electron chi connectivity index (χ1n) is 7.43. The summed E-state index contributed by atoms with van der Waals surface area (Å²) in [6.45, 7) is 8.29. The third kappa shape index (κ3) is 3.31. The molecule has 1 saturated heterocycles. The molecule has 1 unspecified atom stereocenters. The van der Waals surface area contributed by atoms with Crippen LogP contribution in [-0.2, 0) is 0 Å². The van der Waals surface area contributed by atoms with Crippen LogP contribution in [0.5, 0.6) is 5.75 Å². The quantitative estimate of drug-likeness (QED) is 0.885. The van der Waals surface area contributed by atoms with Gasteiger partial charge in [0.1, 0.15) is 5.75 Å². The zero-order valence-corrected chi connectivity index (χ0v) is 12.7. The molecule has 1 aromatic carbocycles. The molecule has 1 aliphatic rings. The minimum absolute atomic E-state index is 0.118. The Morgan fingerprint density at radius 2 is 2.10 bits per heavy atom. The molecule has 2 rings (SSSR count). The molecule has 1 atom stereocenters. The highest BCUT2D eigenvalue weighted by atomic mass is 16.5. The predicted molar refractivity (Wildman–Crippen MR) is 79.3 cm³/mol. The van der Waals surface area contributed by atoms with Crippen LogP contribution < -0.4 is 9.64 Å². The van der Waals surface area contributed by atoms with E-state index in [1.807, 2.05) is 29.2 Å². The molecule has 110 valence electrons. The summed E-state index contributed by atoms with van der Waals surface area (Å²) in [7, 11) is 1.62. The highest BCUT2D eigenvalue weighted by Crippen LogP contribution is 2.14. The molecular weight excluding hydrogens is 252 g/mol. The molecule has 0 aliphatic carbocycles. The maximum Gasteiger partial charge on any atom is 0.254 e. The number of amides is 1. The topological polar surface area (TPSA) is 34.0 Å². The maximum atomic E-state index is 12.5. The van der Waals surface area contributed by atoms with Gasteiger partial charge in [0, 0.05) is 5.56 Å². The third-order valence-corrected chi connectivity index (χ3v) is 4.32. The Morgan fingerprint density at radius 1 is 1.40 bits per heavy atom. The van der Waals surface area contributed by atoms with Gasteiger partial charge in [-0.05, 0) is 31.5 Å². The summed E-state index contributed by atoms with van der Waals surface area (Å²) in [4.78, 5) is 16.0. The van der Waals surface area contributed by atoms with Crippen LogP contribution in [0.4, 0.5) is 0 Å². The summed E-state index contributed by atoms with van der Waals surface area (Å²) in [6, 6.07) is 8.09. The van der Waals surface area contributed by atoms with Gasteiger partial charge in [-0.2, -0.15) is 0 Å². The fourth-order valence-corrected chi connectivity index (χ4v) is 2.72. The average Bonchev–Trinajstić information content (AvgIpc) is 2.53. The second kappa shape index (κ2) is 6.75. The molecule has 1 fully saturated rings. The first-order valence-corrected chi connectivity index (χ1v) is 7.43. The average molecular weight is 277 g/mol. The van der Waals surface area contributed by atoms with Crippen LogP contribution in [0.1, 0.15) is 30.6 Å². The van der Waals surface area contributed by atoms with E-state index in [1.54, 1.807) is 12.0 Å². The van der Waals surface area contributed by atoms with E-state index in [9.17, 15) is 4.79 Å². The minimum atomic E-state index is 0.118. The van der Waals surface area contributed by atoms with Crippen molar-refractivity contribution in [2.45, 2.75) is 26.3 Å². The number of benzene rings is 1. The van der Waals surface area contributed by atoms with Crippen LogP contribution in [0, 0.1) is 0 Å². The second-order valence-electron chi connectivity index (χ2n) is 5.49. The largest absolute Gasteiger partial charge is 0.497 e. The summed E-state index contributed by atoms with van der Waals surface area (Å²) < 4.78 is 5.18. The molecule has 0 aromatic heterocycles. The Bertz CT molecular complexity index is 454. The number of carbonyl (C=O) groups excluding carboxylic acids is 1. The number of ether oxygens (including phenoxy) is 1. The SMILES string of the molecule is CCC(C)[NH+]1CCN(C(=O)c2cccc(OC)c2)CC1. The molecule has 0 saturated carbocycles. The highest BCUT2D eigenvalue weighted by Gasteiger charge is 2.26. The predicted octanol–water partition coefficient (Wildman–Crippen LogP) is 0.834. The van der Waals surface area contributed by atoms with Crippen LogP contribution in [0.25, 0.3) is 0 Å². The van der Waals surface area contributed by atoms with Gasteiger partial charge in [-0.1, -0.05) is 13.0 Å². The Kier molecular flexibility index (Phi) is 5.01. The summed E-state index contributed by atoms with van der Waals surface area (Å²) in [5, 5.41) is 0. The summed E-state index contributed by atoms with van der Waals surface area (Å²) in [5.41, 5.74) is 0.719. The summed E-state index contributed by atoms with van der Waals surface area (Å²) in [6.07, 6.45) is 1.19. The number of methoxy groups -OCH3 is 1. The third-order valence-electron chi connectivity index (χ3n) is 4.32. The molecule has 20 heavy (non-hydrogen) atoms. The first kappa shape index (κ1) is 14.9. The summed E-state index contributed by atoms with van der Waals surface area (Å²) >= 11 is 0. The van der Waals surface area contributed by atoms with Gasteiger partial charge in [0.2, 0.25) is 0 Å². The Morgan fingerprint density at radius 3 is 2.70 bits per heavy atom. The Labute approximate surface area is 121 Å². The van der Waals surface area contributed by atoms with Gasteiger partial charge in [0.25, 0.3) is 5.91 Å². The standard InChI is InChI=1S/C16H24N2O2/c1-4-13(2)17-8-10-18(11-9-17)16(19)14-6-5-7-15(12-14)20-3/h5-7,12-13H,4,8-11H2,1-3H3/p+1. The van der Waals surface area contributed by atoms with Crippen molar-refractivity contribution < 1.29 is 14.4 Å². The Balaban J connectivity index is 1.97. The van der Waals surface area contributed by atoms with Gasteiger partial charge in [-0.3, -0.25) is 4.79 Å². The van der Waals surface area contributed by atoms with E-state index in [4.69, 9.17) is 4.74 Å². The normalized spacial score (nSPS) is 17.9. The second-order valence-corrected chi connectivity index (χ2v) is 5.49. The number of quaternary nitrogens is 1. The smallest absolute Gasteiger partial charge is 0.254 e. The molecule has 4 heteroatoms. The van der Waals surface area contributed by atoms with E-state index < -0.39 is 0 Å². The first-order chi connectivity index (χ1) is 9.65. The molecular formula is C16H25N2O2+. The van der Waals surface area contributed by atoms with Crippen LogP contribution in [0.3, 0.4) is 0 Å². The zero-order valence-electron chi connectivity index (χ0n) is 12.7. The van der Waals surface area contributed by atoms with E-state index in [1.165, 1.54) is 6.42 Å². The van der Waals surface area contributed by atoms with Gasteiger partial charge in [0.05, 0.1) is 39.3 Å². The molecule has 0 spiro atoms. The lowest BCUT2D eigenvalue weighted by Gasteiger charge is -2.35. The van der Waals surface area contributed by atoms with Crippen LogP contribution in [-0.4, -0.2) is 50.1 Å².